The van der Waals surface area contributed by atoms with Crippen LogP contribution in [0.4, 0.5) is 0 Å². The molecule has 0 aliphatic heterocycles. The van der Waals surface area contributed by atoms with Gasteiger partial charge in [-0.2, -0.15) is 0 Å². The molecule has 0 unspecified atom stereocenters. The van der Waals surface area contributed by atoms with Crippen molar-refractivity contribution in [1.29, 1.82) is 0 Å². The maximum Gasteiger partial charge on any atom is 0.0574 e. The summed E-state index contributed by atoms with van der Waals surface area (Å²) in [6, 6.07) is 51.0. The first-order valence-corrected chi connectivity index (χ1v) is 14.2. The van der Waals surface area contributed by atoms with Gasteiger partial charge in [-0.3, -0.25) is 0 Å². The highest BCUT2D eigenvalue weighted by atomic mass is 15.0. The Kier molecular flexibility index (Phi) is 4.57. The second-order valence-corrected chi connectivity index (χ2v) is 11.0. The van der Waals surface area contributed by atoms with Crippen molar-refractivity contribution in [3.63, 3.8) is 0 Å². The van der Waals surface area contributed by atoms with Crippen LogP contribution in [0.15, 0.2) is 140 Å². The van der Waals surface area contributed by atoms with Crippen molar-refractivity contribution in [1.82, 2.24) is 9.13 Å². The van der Waals surface area contributed by atoms with Gasteiger partial charge >= 0.3 is 0 Å². The second-order valence-electron chi connectivity index (χ2n) is 11.0. The third kappa shape index (κ3) is 3.07. The van der Waals surface area contributed by atoms with Gasteiger partial charge in [-0.1, -0.05) is 109 Å². The molecule has 0 bridgehead atoms. The fourth-order valence-corrected chi connectivity index (χ4v) is 7.07. The van der Waals surface area contributed by atoms with Crippen LogP contribution in [-0.2, 0) is 7.05 Å². The predicted molar refractivity (Wildman–Crippen MR) is 175 cm³/mol. The molecular weight excluding hydrogens is 496 g/mol. The van der Waals surface area contributed by atoms with Gasteiger partial charge in [0.2, 0.25) is 0 Å². The van der Waals surface area contributed by atoms with Gasteiger partial charge in [0.05, 0.1) is 16.6 Å². The Labute approximate surface area is 237 Å². The van der Waals surface area contributed by atoms with Crippen LogP contribution in [-0.4, -0.2) is 9.13 Å². The number of hydrogen-bond donors (Lipinski definition) is 0. The van der Waals surface area contributed by atoms with Crippen molar-refractivity contribution in [3.8, 4) is 16.8 Å². The molecule has 0 N–H and O–H groups in total. The van der Waals surface area contributed by atoms with Crippen molar-refractivity contribution >= 4 is 65.2 Å². The highest BCUT2D eigenvalue weighted by Crippen LogP contribution is 2.42. The van der Waals surface area contributed by atoms with Gasteiger partial charge in [-0.05, 0) is 57.6 Å². The molecule has 0 fully saturated rings. The summed E-state index contributed by atoms with van der Waals surface area (Å²) in [4.78, 5) is 0. The van der Waals surface area contributed by atoms with E-state index < -0.39 is 0 Å². The molecule has 2 heteroatoms. The Hall–Kier alpha value is -5.34. The monoisotopic (exact) mass is 522 g/mol. The van der Waals surface area contributed by atoms with Crippen LogP contribution in [0.3, 0.4) is 0 Å². The summed E-state index contributed by atoms with van der Waals surface area (Å²) in [5, 5.41) is 10.4. The van der Waals surface area contributed by atoms with Crippen LogP contribution < -0.4 is 0 Å². The van der Waals surface area contributed by atoms with Crippen molar-refractivity contribution in [2.24, 2.45) is 7.05 Å². The first kappa shape index (κ1) is 22.5. The van der Waals surface area contributed by atoms with E-state index in [1.165, 1.54) is 82.0 Å². The zero-order valence-electron chi connectivity index (χ0n) is 22.7. The molecule has 0 spiro atoms. The summed E-state index contributed by atoms with van der Waals surface area (Å²) in [6.45, 7) is 0. The van der Waals surface area contributed by atoms with E-state index in [4.69, 9.17) is 0 Å². The minimum atomic E-state index is 1.18. The lowest BCUT2D eigenvalue weighted by molar-refractivity contribution is 1.02. The zero-order chi connectivity index (χ0) is 27.1. The van der Waals surface area contributed by atoms with Gasteiger partial charge in [-0.25, -0.2) is 0 Å². The molecule has 2 nitrogen and oxygen atoms in total. The molecule has 2 heterocycles. The average molecular weight is 523 g/mol. The molecule has 0 saturated carbocycles. The molecule has 41 heavy (non-hydrogen) atoms. The maximum atomic E-state index is 2.39. The van der Waals surface area contributed by atoms with E-state index in [0.29, 0.717) is 0 Å². The first-order valence-electron chi connectivity index (χ1n) is 14.2. The molecule has 192 valence electrons. The van der Waals surface area contributed by atoms with Gasteiger partial charge in [0.25, 0.3) is 0 Å². The highest BCUT2D eigenvalue weighted by molar-refractivity contribution is 6.31. The fraction of sp³-hybridized carbons (Fsp3) is 0.0256. The van der Waals surface area contributed by atoms with E-state index >= 15 is 0 Å². The zero-order valence-corrected chi connectivity index (χ0v) is 22.7. The van der Waals surface area contributed by atoms with Gasteiger partial charge < -0.3 is 9.13 Å². The molecule has 0 radical (unpaired) electrons. The SMILES string of the molecule is Cn1c2cc(-c3ccc4c5ccccc5n(-c5ccccc5)c4c3)ccc2c2c3ccccc3c3ccccc3c21. The Morgan fingerprint density at radius 2 is 0.927 bits per heavy atom. The molecule has 2 aromatic heterocycles. The number of rotatable bonds is 2. The molecule has 0 aliphatic rings. The fourth-order valence-electron chi connectivity index (χ4n) is 7.07. The number of nitrogens with zero attached hydrogens (tertiary/aromatic N) is 2. The minimum absolute atomic E-state index is 1.18. The minimum Gasteiger partial charge on any atom is -0.343 e. The summed E-state index contributed by atoms with van der Waals surface area (Å²) < 4.78 is 4.78. The molecule has 7 aromatic carbocycles. The van der Waals surface area contributed by atoms with Crippen molar-refractivity contribution < 1.29 is 0 Å². The number of aryl methyl sites for hydroxylation is 1. The van der Waals surface area contributed by atoms with Gasteiger partial charge in [0, 0.05) is 45.2 Å². The standard InChI is InChI=1S/C39H26N2/c1-40-36-23-25(20-22-34(36)38-32-16-7-5-13-28(32)29-14-6-8-17-33(29)39(38)40)26-19-21-31-30-15-9-10-18-35(30)41(37(31)24-26)27-11-3-2-4-12-27/h2-24H,1H3. The van der Waals surface area contributed by atoms with Crippen molar-refractivity contribution in [2.45, 2.75) is 0 Å². The van der Waals surface area contributed by atoms with E-state index in [9.17, 15) is 0 Å². The number of para-hydroxylation sites is 2. The topological polar surface area (TPSA) is 9.86 Å². The van der Waals surface area contributed by atoms with Gasteiger partial charge in [0.1, 0.15) is 0 Å². The number of fused-ring (bicyclic) bond motifs is 11. The summed E-state index contributed by atoms with van der Waals surface area (Å²) in [7, 11) is 2.21. The van der Waals surface area contributed by atoms with E-state index in [1.54, 1.807) is 0 Å². The first-order chi connectivity index (χ1) is 20.3. The lowest BCUT2D eigenvalue weighted by Crippen LogP contribution is -1.93. The van der Waals surface area contributed by atoms with E-state index in [2.05, 4.69) is 156 Å². The van der Waals surface area contributed by atoms with Crippen LogP contribution in [0.2, 0.25) is 0 Å². The molecule has 0 amide bonds. The van der Waals surface area contributed by atoms with Gasteiger partial charge in [0.15, 0.2) is 0 Å². The van der Waals surface area contributed by atoms with Crippen LogP contribution in [0, 0.1) is 0 Å². The van der Waals surface area contributed by atoms with Crippen LogP contribution in [0.5, 0.6) is 0 Å². The quantitative estimate of drug-likeness (QED) is 0.200. The molecule has 9 rings (SSSR count). The smallest absolute Gasteiger partial charge is 0.0574 e. The Morgan fingerprint density at radius 3 is 1.68 bits per heavy atom. The number of aromatic nitrogens is 2. The number of benzene rings is 7. The van der Waals surface area contributed by atoms with Crippen molar-refractivity contribution in [3.05, 3.63) is 140 Å². The average Bonchev–Trinajstić information content (AvgIpc) is 3.53. The Balaban J connectivity index is 1.33. The maximum absolute atomic E-state index is 2.39. The largest absolute Gasteiger partial charge is 0.343 e. The molecular formula is C39H26N2. The third-order valence-corrected chi connectivity index (χ3v) is 8.89. The summed E-state index contributed by atoms with van der Waals surface area (Å²) in [6.07, 6.45) is 0. The second kappa shape index (κ2) is 8.33. The third-order valence-electron chi connectivity index (χ3n) is 8.89. The predicted octanol–water partition coefficient (Wildman–Crippen LogP) is 10.4. The normalized spacial score (nSPS) is 12.0. The van der Waals surface area contributed by atoms with E-state index in [1.807, 2.05) is 0 Å². The van der Waals surface area contributed by atoms with Crippen LogP contribution in [0.1, 0.15) is 0 Å². The highest BCUT2D eigenvalue weighted by Gasteiger charge is 2.17. The lowest BCUT2D eigenvalue weighted by Gasteiger charge is -2.09. The Morgan fingerprint density at radius 1 is 0.390 bits per heavy atom. The molecule has 0 atom stereocenters. The van der Waals surface area contributed by atoms with E-state index in [0.717, 1.165) is 0 Å². The Bertz CT molecular complexity index is 2470. The van der Waals surface area contributed by atoms with Gasteiger partial charge in [-0.15, -0.1) is 0 Å². The summed E-state index contributed by atoms with van der Waals surface area (Å²) in [5.41, 5.74) is 8.63. The molecule has 0 aliphatic carbocycles. The van der Waals surface area contributed by atoms with E-state index in [-0.39, 0.29) is 0 Å². The summed E-state index contributed by atoms with van der Waals surface area (Å²) >= 11 is 0. The van der Waals surface area contributed by atoms with Crippen LogP contribution >= 0.6 is 0 Å². The number of hydrogen-bond acceptors (Lipinski definition) is 0. The summed E-state index contributed by atoms with van der Waals surface area (Å²) in [5.74, 6) is 0. The van der Waals surface area contributed by atoms with Crippen molar-refractivity contribution in [2.75, 3.05) is 0 Å². The lowest BCUT2D eigenvalue weighted by atomic mass is 9.96. The molecule has 0 saturated heterocycles. The van der Waals surface area contributed by atoms with Crippen LogP contribution in [0.25, 0.3) is 82.0 Å². The molecule has 9 aromatic rings.